The minimum Gasteiger partial charge on any atom is -0.487 e. The Labute approximate surface area is 157 Å². The summed E-state index contributed by atoms with van der Waals surface area (Å²) in [6, 6.07) is 7.25. The lowest BCUT2D eigenvalue weighted by Gasteiger charge is -2.21. The van der Waals surface area contributed by atoms with Gasteiger partial charge < -0.3 is 14.5 Å². The molecule has 26 heavy (non-hydrogen) atoms. The van der Waals surface area contributed by atoms with Gasteiger partial charge in [-0.05, 0) is 31.5 Å². The first kappa shape index (κ1) is 18.4. The van der Waals surface area contributed by atoms with Crippen molar-refractivity contribution in [3.8, 4) is 5.75 Å². The summed E-state index contributed by atoms with van der Waals surface area (Å²) in [5, 5.41) is 2.98. The van der Waals surface area contributed by atoms with Crippen molar-refractivity contribution < 1.29 is 14.3 Å². The van der Waals surface area contributed by atoms with Gasteiger partial charge in [-0.15, -0.1) is 11.3 Å². The fraction of sp³-hybridized carbons (Fsp3) is 0.421. The largest absolute Gasteiger partial charge is 0.487 e. The molecule has 1 aliphatic heterocycles. The van der Waals surface area contributed by atoms with Gasteiger partial charge in [-0.3, -0.25) is 9.59 Å². The number of rotatable bonds is 4. The fourth-order valence-electron chi connectivity index (χ4n) is 2.97. The van der Waals surface area contributed by atoms with Crippen LogP contribution >= 0.6 is 11.3 Å². The normalized spacial score (nSPS) is 14.8. The van der Waals surface area contributed by atoms with Crippen molar-refractivity contribution in [2.45, 2.75) is 26.9 Å². The van der Waals surface area contributed by atoms with Gasteiger partial charge in [0.2, 0.25) is 5.91 Å². The predicted octanol–water partition coefficient (Wildman–Crippen LogP) is 2.72. The molecule has 3 rings (SSSR count). The van der Waals surface area contributed by atoms with E-state index in [9.17, 15) is 9.59 Å². The SMILES string of the molecule is CC(=O)N1CCCN(C(=O)c2cccc(OCc3csc(C)n3)c2)CC1. The Hall–Kier alpha value is -2.41. The second-order valence-electron chi connectivity index (χ2n) is 6.33. The van der Waals surface area contributed by atoms with Gasteiger partial charge in [0.1, 0.15) is 12.4 Å². The van der Waals surface area contributed by atoms with E-state index in [1.807, 2.05) is 29.3 Å². The number of benzene rings is 1. The third kappa shape index (κ3) is 4.60. The van der Waals surface area contributed by atoms with Crippen LogP contribution in [0.5, 0.6) is 5.75 Å². The number of carbonyl (C=O) groups is 2. The number of aromatic nitrogens is 1. The molecule has 0 atom stereocenters. The number of nitrogens with zero attached hydrogens (tertiary/aromatic N) is 3. The lowest BCUT2D eigenvalue weighted by atomic mass is 10.2. The summed E-state index contributed by atoms with van der Waals surface area (Å²) in [7, 11) is 0. The van der Waals surface area contributed by atoms with E-state index >= 15 is 0 Å². The highest BCUT2D eigenvalue weighted by Gasteiger charge is 2.21. The van der Waals surface area contributed by atoms with Crippen molar-refractivity contribution in [1.82, 2.24) is 14.8 Å². The molecule has 0 radical (unpaired) electrons. The number of ether oxygens (including phenoxy) is 1. The standard InChI is InChI=1S/C19H23N3O3S/c1-14-20-17(13-26-14)12-25-18-6-3-5-16(11-18)19(24)22-8-4-7-21(9-10-22)15(2)23/h3,5-6,11,13H,4,7-10,12H2,1-2H3. The second-order valence-corrected chi connectivity index (χ2v) is 7.39. The molecule has 7 heteroatoms. The van der Waals surface area contributed by atoms with E-state index in [1.165, 1.54) is 0 Å². The van der Waals surface area contributed by atoms with Crippen molar-refractivity contribution >= 4 is 23.2 Å². The van der Waals surface area contributed by atoms with Crippen molar-refractivity contribution in [1.29, 1.82) is 0 Å². The first-order valence-corrected chi connectivity index (χ1v) is 9.59. The zero-order valence-corrected chi connectivity index (χ0v) is 15.9. The lowest BCUT2D eigenvalue weighted by molar-refractivity contribution is -0.128. The summed E-state index contributed by atoms with van der Waals surface area (Å²) in [5.74, 6) is 0.694. The van der Waals surface area contributed by atoms with Gasteiger partial charge in [0.25, 0.3) is 5.91 Å². The second kappa shape index (κ2) is 8.31. The van der Waals surface area contributed by atoms with Crippen molar-refractivity contribution in [2.75, 3.05) is 26.2 Å². The minimum absolute atomic E-state index is 0.0228. The molecule has 1 saturated heterocycles. The number of hydrogen-bond acceptors (Lipinski definition) is 5. The van der Waals surface area contributed by atoms with Crippen LogP contribution in [-0.4, -0.2) is 52.8 Å². The molecule has 138 valence electrons. The van der Waals surface area contributed by atoms with Gasteiger partial charge in [-0.1, -0.05) is 6.07 Å². The Kier molecular flexibility index (Phi) is 5.88. The van der Waals surface area contributed by atoms with E-state index in [4.69, 9.17) is 4.74 Å². The maximum absolute atomic E-state index is 12.8. The highest BCUT2D eigenvalue weighted by Crippen LogP contribution is 2.18. The smallest absolute Gasteiger partial charge is 0.254 e. The zero-order valence-electron chi connectivity index (χ0n) is 15.1. The molecule has 0 spiro atoms. The van der Waals surface area contributed by atoms with Crippen molar-refractivity contribution in [2.24, 2.45) is 0 Å². The average Bonchev–Trinajstić information content (AvgIpc) is 2.90. The molecule has 0 unspecified atom stereocenters. The molecule has 0 bridgehead atoms. The summed E-state index contributed by atoms with van der Waals surface area (Å²) in [6.45, 7) is 6.42. The topological polar surface area (TPSA) is 62.7 Å². The highest BCUT2D eigenvalue weighted by molar-refractivity contribution is 7.09. The lowest BCUT2D eigenvalue weighted by Crippen LogP contribution is -2.36. The quantitative estimate of drug-likeness (QED) is 0.827. The maximum Gasteiger partial charge on any atom is 0.254 e. The van der Waals surface area contributed by atoms with Crippen LogP contribution in [0.3, 0.4) is 0 Å². The molecule has 0 N–H and O–H groups in total. The van der Waals surface area contributed by atoms with E-state index < -0.39 is 0 Å². The van der Waals surface area contributed by atoms with Crippen LogP contribution in [0.2, 0.25) is 0 Å². The fourth-order valence-corrected chi connectivity index (χ4v) is 3.57. The number of hydrogen-bond donors (Lipinski definition) is 0. The monoisotopic (exact) mass is 373 g/mol. The number of aryl methyl sites for hydroxylation is 1. The van der Waals surface area contributed by atoms with Gasteiger partial charge in [0.05, 0.1) is 10.7 Å². The van der Waals surface area contributed by atoms with Crippen LogP contribution in [0.4, 0.5) is 0 Å². The van der Waals surface area contributed by atoms with E-state index in [1.54, 1.807) is 35.3 Å². The molecule has 6 nitrogen and oxygen atoms in total. The van der Waals surface area contributed by atoms with Gasteiger partial charge in [0.15, 0.2) is 0 Å². The van der Waals surface area contributed by atoms with Gasteiger partial charge in [0, 0.05) is 44.0 Å². The summed E-state index contributed by atoms with van der Waals surface area (Å²) in [5.41, 5.74) is 1.49. The van der Waals surface area contributed by atoms with E-state index in [2.05, 4.69) is 4.98 Å². The number of thiazole rings is 1. The molecule has 2 aromatic rings. The average molecular weight is 373 g/mol. The minimum atomic E-state index is -0.0228. The van der Waals surface area contributed by atoms with Crippen LogP contribution in [0.1, 0.15) is 34.4 Å². The maximum atomic E-state index is 12.8. The number of carbonyl (C=O) groups excluding carboxylic acids is 2. The molecule has 0 aliphatic carbocycles. The molecule has 1 aliphatic rings. The van der Waals surface area contributed by atoms with Crippen LogP contribution in [0, 0.1) is 6.92 Å². The first-order valence-electron chi connectivity index (χ1n) is 8.71. The van der Waals surface area contributed by atoms with Gasteiger partial charge >= 0.3 is 0 Å². The molecule has 1 aromatic heterocycles. The summed E-state index contributed by atoms with van der Waals surface area (Å²) >= 11 is 1.59. The Morgan fingerprint density at radius 2 is 1.96 bits per heavy atom. The highest BCUT2D eigenvalue weighted by atomic mass is 32.1. The van der Waals surface area contributed by atoms with Crippen LogP contribution in [-0.2, 0) is 11.4 Å². The Morgan fingerprint density at radius 3 is 2.69 bits per heavy atom. The van der Waals surface area contributed by atoms with Crippen molar-refractivity contribution in [3.05, 3.63) is 45.9 Å². The van der Waals surface area contributed by atoms with Crippen LogP contribution in [0.15, 0.2) is 29.6 Å². The molecule has 2 amide bonds. The van der Waals surface area contributed by atoms with E-state index in [0.717, 1.165) is 17.1 Å². The van der Waals surface area contributed by atoms with E-state index in [0.29, 0.717) is 44.1 Å². The first-order chi connectivity index (χ1) is 12.5. The van der Waals surface area contributed by atoms with Crippen LogP contribution < -0.4 is 4.74 Å². The Balaban J connectivity index is 1.63. The zero-order chi connectivity index (χ0) is 18.5. The molecule has 1 aromatic carbocycles. The third-order valence-electron chi connectivity index (χ3n) is 4.36. The third-order valence-corrected chi connectivity index (χ3v) is 5.19. The predicted molar refractivity (Wildman–Crippen MR) is 100 cm³/mol. The summed E-state index contributed by atoms with van der Waals surface area (Å²) < 4.78 is 5.78. The van der Waals surface area contributed by atoms with Gasteiger partial charge in [-0.2, -0.15) is 0 Å². The molecule has 0 saturated carbocycles. The summed E-state index contributed by atoms with van der Waals surface area (Å²) in [4.78, 5) is 32.3. The Bertz CT molecular complexity index is 790. The van der Waals surface area contributed by atoms with Gasteiger partial charge in [-0.25, -0.2) is 4.98 Å². The Morgan fingerprint density at radius 1 is 1.19 bits per heavy atom. The van der Waals surface area contributed by atoms with Crippen molar-refractivity contribution in [3.63, 3.8) is 0 Å². The molecule has 2 heterocycles. The molecular weight excluding hydrogens is 350 g/mol. The van der Waals surface area contributed by atoms with E-state index in [-0.39, 0.29) is 11.8 Å². The van der Waals surface area contributed by atoms with Crippen LogP contribution in [0.25, 0.3) is 0 Å². The molecular formula is C19H23N3O3S. The number of amides is 2. The molecule has 1 fully saturated rings. The summed E-state index contributed by atoms with van der Waals surface area (Å²) in [6.07, 6.45) is 0.796.